The summed E-state index contributed by atoms with van der Waals surface area (Å²) in [7, 11) is 0. The molecular weight excluding hydrogens is 444 g/mol. The zero-order chi connectivity index (χ0) is 23.8. The summed E-state index contributed by atoms with van der Waals surface area (Å²) in [6, 6.07) is 23.2. The predicted octanol–water partition coefficient (Wildman–Crippen LogP) is 6.98. The second-order valence-electron chi connectivity index (χ2n) is 9.17. The third kappa shape index (κ3) is 4.07. The van der Waals surface area contributed by atoms with E-state index in [0.29, 0.717) is 24.3 Å². The van der Waals surface area contributed by atoms with Gasteiger partial charge in [-0.2, -0.15) is 0 Å². The zero-order valence-electron chi connectivity index (χ0n) is 19.4. The van der Waals surface area contributed by atoms with E-state index in [-0.39, 0.29) is 17.6 Å². The lowest BCUT2D eigenvalue weighted by molar-refractivity contribution is -0.123. The fraction of sp³-hybridized carbons (Fsp3) is 0.276. The maximum absolute atomic E-state index is 13.9. The minimum Gasteiger partial charge on any atom is -0.302 e. The number of hydrogen-bond acceptors (Lipinski definition) is 3. The van der Waals surface area contributed by atoms with Gasteiger partial charge >= 0.3 is 0 Å². The average molecular weight is 471 g/mol. The van der Waals surface area contributed by atoms with Gasteiger partial charge in [0.15, 0.2) is 0 Å². The molecular formula is C29H27ClN2O2. The van der Waals surface area contributed by atoms with Crippen LogP contribution in [0.2, 0.25) is 5.02 Å². The number of ketones is 1. The van der Waals surface area contributed by atoms with Crippen LogP contribution in [0, 0.1) is 12.8 Å². The summed E-state index contributed by atoms with van der Waals surface area (Å²) in [5, 5.41) is 0.664. The Balaban J connectivity index is 1.68. The smallest absolute Gasteiger partial charge is 0.227 e. The van der Waals surface area contributed by atoms with Crippen LogP contribution in [0.1, 0.15) is 54.8 Å². The van der Waals surface area contributed by atoms with E-state index in [4.69, 9.17) is 16.6 Å². The van der Waals surface area contributed by atoms with Gasteiger partial charge in [-0.25, -0.2) is 0 Å². The number of aryl methyl sites for hydroxylation is 1. The molecule has 1 heterocycles. The van der Waals surface area contributed by atoms with Crippen LogP contribution < -0.4 is 4.90 Å². The summed E-state index contributed by atoms with van der Waals surface area (Å²) in [5.74, 6) is -0.372. The van der Waals surface area contributed by atoms with Crippen molar-refractivity contribution in [1.29, 1.82) is 0 Å². The Labute approximate surface area is 205 Å². The Hall–Kier alpha value is -3.24. The number of halogens is 1. The summed E-state index contributed by atoms with van der Waals surface area (Å²) in [6.07, 6.45) is 1.40. The number of rotatable bonds is 3. The molecule has 1 amide bonds. The third-order valence-corrected chi connectivity index (χ3v) is 7.15. The number of nitrogens with zero attached hydrogens (tertiary/aromatic N) is 2. The SMILES string of the molecule is CCC(=O)N1c2ccccc2N=C2CC(c3cccc(Cl)c3)CC(=O)C2C1c1ccc(C)cc1. The zero-order valence-corrected chi connectivity index (χ0v) is 20.1. The predicted molar refractivity (Wildman–Crippen MR) is 137 cm³/mol. The van der Waals surface area contributed by atoms with Gasteiger partial charge in [-0.15, -0.1) is 0 Å². The molecule has 5 rings (SSSR count). The number of anilines is 1. The maximum Gasteiger partial charge on any atom is 0.227 e. The molecule has 5 heteroatoms. The second-order valence-corrected chi connectivity index (χ2v) is 9.61. The molecule has 0 radical (unpaired) electrons. The second kappa shape index (κ2) is 9.19. The van der Waals surface area contributed by atoms with E-state index in [2.05, 4.69) is 0 Å². The number of hydrogen-bond donors (Lipinski definition) is 0. The Morgan fingerprint density at radius 1 is 1.00 bits per heavy atom. The Morgan fingerprint density at radius 3 is 2.50 bits per heavy atom. The van der Waals surface area contributed by atoms with Crippen LogP contribution in [-0.4, -0.2) is 17.4 Å². The number of aliphatic imine (C=N–C) groups is 1. The highest BCUT2D eigenvalue weighted by molar-refractivity contribution is 6.30. The summed E-state index contributed by atoms with van der Waals surface area (Å²) >= 11 is 6.26. The molecule has 0 N–H and O–H groups in total. The first kappa shape index (κ1) is 22.5. The first-order chi connectivity index (χ1) is 16.5. The highest BCUT2D eigenvalue weighted by atomic mass is 35.5. The largest absolute Gasteiger partial charge is 0.302 e. The van der Waals surface area contributed by atoms with Crippen LogP contribution in [0.5, 0.6) is 0 Å². The van der Waals surface area contributed by atoms with Crippen molar-refractivity contribution in [3.8, 4) is 0 Å². The van der Waals surface area contributed by atoms with E-state index in [1.54, 1.807) is 0 Å². The normalized spacial score (nSPS) is 21.9. The van der Waals surface area contributed by atoms with Crippen molar-refractivity contribution >= 4 is 40.4 Å². The first-order valence-electron chi connectivity index (χ1n) is 11.8. The summed E-state index contributed by atoms with van der Waals surface area (Å²) in [4.78, 5) is 34.1. The lowest BCUT2D eigenvalue weighted by Gasteiger charge is -2.39. The highest BCUT2D eigenvalue weighted by Crippen LogP contribution is 2.47. The Kier molecular flexibility index (Phi) is 6.09. The molecule has 34 heavy (non-hydrogen) atoms. The van der Waals surface area contributed by atoms with Crippen LogP contribution >= 0.6 is 11.6 Å². The van der Waals surface area contributed by atoms with Crippen molar-refractivity contribution < 1.29 is 9.59 Å². The van der Waals surface area contributed by atoms with Crippen molar-refractivity contribution in [2.75, 3.05) is 4.90 Å². The Bertz CT molecular complexity index is 1280. The van der Waals surface area contributed by atoms with Crippen LogP contribution in [0.3, 0.4) is 0 Å². The first-order valence-corrected chi connectivity index (χ1v) is 12.2. The van der Waals surface area contributed by atoms with Gasteiger partial charge in [0.2, 0.25) is 5.91 Å². The lowest BCUT2D eigenvalue weighted by Crippen LogP contribution is -2.45. The lowest BCUT2D eigenvalue weighted by atomic mass is 9.72. The van der Waals surface area contributed by atoms with Crippen molar-refractivity contribution in [2.24, 2.45) is 10.9 Å². The minimum absolute atomic E-state index is 0.0143. The van der Waals surface area contributed by atoms with Gasteiger partial charge in [0.25, 0.3) is 0 Å². The van der Waals surface area contributed by atoms with Gasteiger partial charge < -0.3 is 4.90 Å². The molecule has 2 aliphatic rings. The van der Waals surface area contributed by atoms with Gasteiger partial charge in [-0.1, -0.05) is 72.6 Å². The van der Waals surface area contributed by atoms with Crippen LogP contribution in [-0.2, 0) is 9.59 Å². The molecule has 1 saturated carbocycles. The van der Waals surface area contributed by atoms with Crippen molar-refractivity contribution in [3.63, 3.8) is 0 Å². The van der Waals surface area contributed by atoms with E-state index in [1.807, 2.05) is 91.5 Å². The van der Waals surface area contributed by atoms with Crippen molar-refractivity contribution in [3.05, 3.63) is 94.5 Å². The maximum atomic E-state index is 13.9. The average Bonchev–Trinajstić information content (AvgIpc) is 2.98. The van der Waals surface area contributed by atoms with Crippen LogP contribution in [0.15, 0.2) is 77.8 Å². The molecule has 1 aliphatic heterocycles. The van der Waals surface area contributed by atoms with E-state index < -0.39 is 12.0 Å². The van der Waals surface area contributed by atoms with E-state index >= 15 is 0 Å². The molecule has 3 aromatic rings. The van der Waals surface area contributed by atoms with Crippen LogP contribution in [0.25, 0.3) is 0 Å². The number of Topliss-reactive ketones (excluding diaryl/α,β-unsaturated/α-hetero) is 1. The van der Waals surface area contributed by atoms with Gasteiger partial charge in [0, 0.05) is 23.6 Å². The topological polar surface area (TPSA) is 49.7 Å². The van der Waals surface area contributed by atoms with Gasteiger partial charge in [0.05, 0.1) is 23.3 Å². The van der Waals surface area contributed by atoms with Crippen molar-refractivity contribution in [1.82, 2.24) is 0 Å². The molecule has 1 fully saturated rings. The standard InChI is InChI=1S/C29H27ClN2O2/c1-3-27(34)32-25-10-5-4-9-23(25)31-24-16-21(20-7-6-8-22(30)15-20)17-26(33)28(24)29(32)19-13-11-18(2)12-14-19/h4-15,21,28-29H,3,16-17H2,1-2H3. The molecule has 1 aliphatic carbocycles. The summed E-state index contributed by atoms with van der Waals surface area (Å²) in [5.41, 5.74) is 5.47. The summed E-state index contributed by atoms with van der Waals surface area (Å²) < 4.78 is 0. The summed E-state index contributed by atoms with van der Waals surface area (Å²) in [6.45, 7) is 3.90. The quantitative estimate of drug-likeness (QED) is 0.414. The van der Waals surface area contributed by atoms with Crippen LogP contribution in [0.4, 0.5) is 11.4 Å². The monoisotopic (exact) mass is 470 g/mol. The van der Waals surface area contributed by atoms with Gasteiger partial charge in [-0.3, -0.25) is 14.6 Å². The Morgan fingerprint density at radius 2 is 1.76 bits per heavy atom. The molecule has 3 aromatic carbocycles. The fourth-order valence-corrected chi connectivity index (χ4v) is 5.46. The number of para-hydroxylation sites is 2. The fourth-order valence-electron chi connectivity index (χ4n) is 5.26. The van der Waals surface area contributed by atoms with E-state index in [0.717, 1.165) is 33.8 Å². The number of amides is 1. The van der Waals surface area contributed by atoms with Crippen molar-refractivity contribution in [2.45, 2.75) is 45.1 Å². The molecule has 3 unspecified atom stereocenters. The molecule has 3 atom stereocenters. The molecule has 4 nitrogen and oxygen atoms in total. The van der Waals surface area contributed by atoms with Gasteiger partial charge in [0.1, 0.15) is 5.78 Å². The molecule has 0 aromatic heterocycles. The minimum atomic E-state index is -0.485. The van der Waals surface area contributed by atoms with E-state index in [9.17, 15) is 9.59 Å². The number of carbonyl (C=O) groups is 2. The molecule has 0 spiro atoms. The molecule has 0 saturated heterocycles. The molecule has 172 valence electrons. The highest BCUT2D eigenvalue weighted by Gasteiger charge is 2.45. The van der Waals surface area contributed by atoms with Gasteiger partial charge in [-0.05, 0) is 54.7 Å². The number of benzene rings is 3. The molecule has 0 bridgehead atoms. The number of fused-ring (bicyclic) bond motifs is 2. The number of carbonyl (C=O) groups excluding carboxylic acids is 2. The third-order valence-electron chi connectivity index (χ3n) is 6.92. The van der Waals surface area contributed by atoms with E-state index in [1.165, 1.54) is 0 Å².